The topological polar surface area (TPSA) is 104 Å². The SMILES string of the molecule is CC1(C)[C@@H]2[C@@H](C(=O)NCCC(=O)O)N(C(=O)c3ccc4n3CCNC4)C[C@@H]21.Cl. The van der Waals surface area contributed by atoms with Crippen LogP contribution in [0.5, 0.6) is 0 Å². The Kier molecular flexibility index (Phi) is 5.46. The van der Waals surface area contributed by atoms with Gasteiger partial charge in [-0.25, -0.2) is 0 Å². The van der Waals surface area contributed by atoms with E-state index in [1.807, 2.05) is 16.7 Å². The fourth-order valence-corrected chi connectivity index (χ4v) is 4.86. The Morgan fingerprint density at radius 1 is 1.32 bits per heavy atom. The van der Waals surface area contributed by atoms with Gasteiger partial charge in [0.05, 0.1) is 6.42 Å². The molecule has 28 heavy (non-hydrogen) atoms. The zero-order valence-corrected chi connectivity index (χ0v) is 16.9. The predicted octanol–water partition coefficient (Wildman–Crippen LogP) is 0.701. The fourth-order valence-electron chi connectivity index (χ4n) is 4.86. The standard InChI is InChI=1S/C19H26N4O4.ClH/c1-19(2)12-10-23(16(15(12)19)17(26)21-6-5-14(24)25)18(27)13-4-3-11-9-20-7-8-22(11)13;/h3-4,12,15-16,20H,5-10H2,1-2H3,(H,21,26)(H,24,25);1H/t12-,15-,16-;/m0./s1. The molecule has 3 aliphatic rings. The van der Waals surface area contributed by atoms with E-state index in [0.29, 0.717) is 18.2 Å². The minimum atomic E-state index is -0.951. The van der Waals surface area contributed by atoms with E-state index in [0.717, 1.165) is 25.3 Å². The molecule has 2 amide bonds. The first-order valence-electron chi connectivity index (χ1n) is 9.52. The number of carbonyl (C=O) groups excluding carboxylic acids is 2. The lowest BCUT2D eigenvalue weighted by Gasteiger charge is -2.31. The Hall–Kier alpha value is -2.06. The van der Waals surface area contributed by atoms with Crippen LogP contribution < -0.4 is 10.6 Å². The molecule has 2 fully saturated rings. The molecule has 1 aliphatic carbocycles. The van der Waals surface area contributed by atoms with Crippen LogP contribution in [0.1, 0.15) is 36.5 Å². The largest absolute Gasteiger partial charge is 0.481 e. The van der Waals surface area contributed by atoms with Gasteiger partial charge in [0, 0.05) is 38.4 Å². The zero-order valence-electron chi connectivity index (χ0n) is 16.1. The van der Waals surface area contributed by atoms with Crippen LogP contribution in [0.2, 0.25) is 0 Å². The van der Waals surface area contributed by atoms with Gasteiger partial charge in [0.1, 0.15) is 11.7 Å². The van der Waals surface area contributed by atoms with Gasteiger partial charge >= 0.3 is 5.97 Å². The molecular formula is C19H27ClN4O4. The summed E-state index contributed by atoms with van der Waals surface area (Å²) in [4.78, 5) is 38.5. The van der Waals surface area contributed by atoms with Crippen molar-refractivity contribution in [3.63, 3.8) is 0 Å². The van der Waals surface area contributed by atoms with E-state index in [1.165, 1.54) is 0 Å². The Morgan fingerprint density at radius 2 is 2.07 bits per heavy atom. The third-order valence-corrected chi connectivity index (χ3v) is 6.48. The molecule has 4 rings (SSSR count). The van der Waals surface area contributed by atoms with Crippen molar-refractivity contribution in [3.8, 4) is 0 Å². The Labute approximate surface area is 170 Å². The Bertz CT molecular complexity index is 806. The van der Waals surface area contributed by atoms with Gasteiger partial charge in [-0.1, -0.05) is 13.8 Å². The number of hydrogen-bond donors (Lipinski definition) is 3. The van der Waals surface area contributed by atoms with Crippen LogP contribution in [0.4, 0.5) is 0 Å². The number of hydrogen-bond acceptors (Lipinski definition) is 4. The van der Waals surface area contributed by atoms with E-state index in [1.54, 1.807) is 4.90 Å². The lowest BCUT2D eigenvalue weighted by atomic mass is 10.00. The van der Waals surface area contributed by atoms with Crippen molar-refractivity contribution in [3.05, 3.63) is 23.5 Å². The molecule has 2 aliphatic heterocycles. The number of amides is 2. The summed E-state index contributed by atoms with van der Waals surface area (Å²) < 4.78 is 2.04. The summed E-state index contributed by atoms with van der Waals surface area (Å²) in [6, 6.07) is 3.28. The van der Waals surface area contributed by atoms with E-state index >= 15 is 0 Å². The van der Waals surface area contributed by atoms with Gasteiger partial charge in [0.2, 0.25) is 5.91 Å². The van der Waals surface area contributed by atoms with Crippen molar-refractivity contribution in [1.82, 2.24) is 20.1 Å². The minimum absolute atomic E-state index is 0. The van der Waals surface area contributed by atoms with Crippen LogP contribution in [0.25, 0.3) is 0 Å². The van der Waals surface area contributed by atoms with Crippen LogP contribution in [0.3, 0.4) is 0 Å². The van der Waals surface area contributed by atoms with Crippen molar-refractivity contribution in [2.75, 3.05) is 19.6 Å². The molecule has 3 atom stereocenters. The highest BCUT2D eigenvalue weighted by Crippen LogP contribution is 2.65. The van der Waals surface area contributed by atoms with Gasteiger partial charge in [0.25, 0.3) is 5.91 Å². The van der Waals surface area contributed by atoms with Crippen molar-refractivity contribution in [2.24, 2.45) is 17.3 Å². The van der Waals surface area contributed by atoms with Gasteiger partial charge in [0.15, 0.2) is 0 Å². The van der Waals surface area contributed by atoms with Crippen LogP contribution in [-0.2, 0) is 22.7 Å². The maximum atomic E-state index is 13.3. The number of aliphatic carboxylic acids is 1. The molecule has 3 N–H and O–H groups in total. The summed E-state index contributed by atoms with van der Waals surface area (Å²) in [5.41, 5.74) is 1.75. The monoisotopic (exact) mass is 410 g/mol. The second-order valence-electron chi connectivity index (χ2n) is 8.33. The van der Waals surface area contributed by atoms with E-state index < -0.39 is 12.0 Å². The second kappa shape index (κ2) is 7.40. The van der Waals surface area contributed by atoms with Crippen molar-refractivity contribution < 1.29 is 19.5 Å². The summed E-state index contributed by atoms with van der Waals surface area (Å²) in [5, 5.41) is 14.8. The minimum Gasteiger partial charge on any atom is -0.481 e. The smallest absolute Gasteiger partial charge is 0.305 e. The van der Waals surface area contributed by atoms with E-state index in [9.17, 15) is 14.4 Å². The summed E-state index contributed by atoms with van der Waals surface area (Å²) in [6.07, 6.45) is -0.122. The number of piperidine rings is 1. The summed E-state index contributed by atoms with van der Waals surface area (Å²) in [5.74, 6) is -0.857. The van der Waals surface area contributed by atoms with Gasteiger partial charge in [-0.3, -0.25) is 14.4 Å². The summed E-state index contributed by atoms with van der Waals surface area (Å²) in [6.45, 7) is 7.22. The normalized spacial score (nSPS) is 26.6. The molecule has 0 spiro atoms. The highest BCUT2D eigenvalue weighted by atomic mass is 35.5. The third kappa shape index (κ3) is 3.28. The third-order valence-electron chi connectivity index (χ3n) is 6.48. The number of fused-ring (bicyclic) bond motifs is 2. The lowest BCUT2D eigenvalue weighted by Crippen LogP contribution is -2.50. The lowest BCUT2D eigenvalue weighted by molar-refractivity contribution is -0.137. The van der Waals surface area contributed by atoms with Gasteiger partial charge in [-0.15, -0.1) is 12.4 Å². The van der Waals surface area contributed by atoms with E-state index in [2.05, 4.69) is 24.5 Å². The fraction of sp³-hybridized carbons (Fsp3) is 0.632. The predicted molar refractivity (Wildman–Crippen MR) is 104 cm³/mol. The molecule has 1 aromatic rings. The molecule has 154 valence electrons. The molecule has 0 aromatic carbocycles. The number of likely N-dealkylation sites (tertiary alicyclic amines) is 1. The maximum Gasteiger partial charge on any atom is 0.305 e. The summed E-state index contributed by atoms with van der Waals surface area (Å²) >= 11 is 0. The molecule has 9 heteroatoms. The molecule has 0 bridgehead atoms. The van der Waals surface area contributed by atoms with E-state index in [4.69, 9.17) is 5.11 Å². The van der Waals surface area contributed by atoms with Crippen molar-refractivity contribution in [1.29, 1.82) is 0 Å². The Morgan fingerprint density at radius 3 is 2.79 bits per heavy atom. The average Bonchev–Trinajstić information content (AvgIpc) is 3.04. The van der Waals surface area contributed by atoms with Crippen LogP contribution in [-0.4, -0.2) is 58.0 Å². The molecule has 0 unspecified atom stereocenters. The number of carboxylic acids is 1. The second-order valence-corrected chi connectivity index (χ2v) is 8.33. The number of halogens is 1. The molecule has 1 aromatic heterocycles. The zero-order chi connectivity index (χ0) is 19.3. The first-order valence-corrected chi connectivity index (χ1v) is 9.52. The highest BCUT2D eigenvalue weighted by Gasteiger charge is 2.69. The number of nitrogens with one attached hydrogen (secondary N) is 2. The number of carboxylic acid groups (broad SMARTS) is 1. The van der Waals surface area contributed by atoms with Crippen LogP contribution in [0.15, 0.2) is 12.1 Å². The number of aromatic nitrogens is 1. The number of rotatable bonds is 5. The Balaban J connectivity index is 0.00000225. The molecule has 0 radical (unpaired) electrons. The first-order chi connectivity index (χ1) is 12.8. The molecular weight excluding hydrogens is 384 g/mol. The quantitative estimate of drug-likeness (QED) is 0.663. The number of nitrogens with zero attached hydrogens (tertiary/aromatic N) is 2. The highest BCUT2D eigenvalue weighted by molar-refractivity contribution is 5.98. The van der Waals surface area contributed by atoms with Crippen molar-refractivity contribution >= 4 is 30.2 Å². The van der Waals surface area contributed by atoms with Gasteiger partial charge < -0.3 is 25.2 Å². The molecule has 3 heterocycles. The van der Waals surface area contributed by atoms with Crippen LogP contribution >= 0.6 is 12.4 Å². The van der Waals surface area contributed by atoms with E-state index in [-0.39, 0.29) is 48.5 Å². The van der Waals surface area contributed by atoms with Gasteiger partial charge in [-0.05, 0) is 29.4 Å². The molecule has 1 saturated heterocycles. The summed E-state index contributed by atoms with van der Waals surface area (Å²) in [7, 11) is 0. The maximum absolute atomic E-state index is 13.3. The first kappa shape index (κ1) is 20.7. The van der Waals surface area contributed by atoms with Gasteiger partial charge in [-0.2, -0.15) is 0 Å². The number of carbonyl (C=O) groups is 3. The molecule has 8 nitrogen and oxygen atoms in total. The van der Waals surface area contributed by atoms with Crippen LogP contribution in [0, 0.1) is 17.3 Å². The molecule has 1 saturated carbocycles. The van der Waals surface area contributed by atoms with Crippen molar-refractivity contribution in [2.45, 2.75) is 39.4 Å². The average molecular weight is 411 g/mol.